The number of rotatable bonds is 6. The van der Waals surface area contributed by atoms with Gasteiger partial charge >= 0.3 is 0 Å². The largest absolute Gasteiger partial charge is 0.484 e. The van der Waals surface area contributed by atoms with Crippen molar-refractivity contribution in [3.63, 3.8) is 0 Å². The molecule has 0 amide bonds. The summed E-state index contributed by atoms with van der Waals surface area (Å²) in [5, 5.41) is 2.64. The molecule has 0 fully saturated rings. The van der Waals surface area contributed by atoms with E-state index in [0.717, 1.165) is 6.20 Å². The summed E-state index contributed by atoms with van der Waals surface area (Å²) in [6.45, 7) is 0.0184. The summed E-state index contributed by atoms with van der Waals surface area (Å²) in [6.07, 6.45) is 1.20. The van der Waals surface area contributed by atoms with Crippen LogP contribution in [0.1, 0.15) is 11.3 Å². The topological polar surface area (TPSA) is 51.5 Å². The van der Waals surface area contributed by atoms with E-state index >= 15 is 0 Å². The van der Waals surface area contributed by atoms with E-state index in [1.165, 1.54) is 24.3 Å². The predicted molar refractivity (Wildman–Crippen MR) is 74.1 cm³/mol. The quantitative estimate of drug-likeness (QED) is 0.463. The Bertz CT molecular complexity index is 623. The maximum absolute atomic E-state index is 13.8. The highest BCUT2D eigenvalue weighted by atomic mass is 35.5. The zero-order chi connectivity index (χ0) is 15.2. The molecule has 1 aromatic heterocycles. The van der Waals surface area contributed by atoms with Crippen LogP contribution in [0.5, 0.6) is 5.75 Å². The van der Waals surface area contributed by atoms with Crippen LogP contribution < -0.4 is 4.74 Å². The Morgan fingerprint density at radius 3 is 2.71 bits per heavy atom. The molecule has 2 aromatic rings. The van der Waals surface area contributed by atoms with Crippen LogP contribution in [-0.2, 0) is 13.0 Å². The third kappa shape index (κ3) is 4.46. The molecule has 2 rings (SSSR count). The van der Waals surface area contributed by atoms with Crippen LogP contribution in [0.2, 0.25) is 0 Å². The predicted octanol–water partition coefficient (Wildman–Crippen LogP) is 3.81. The minimum Gasteiger partial charge on any atom is -0.484 e. The second kappa shape index (κ2) is 7.08. The van der Waals surface area contributed by atoms with Crippen molar-refractivity contribution in [2.75, 3.05) is 0 Å². The van der Waals surface area contributed by atoms with E-state index in [2.05, 4.69) is 10.2 Å². The maximum atomic E-state index is 13.8. The fourth-order valence-electron chi connectivity index (χ4n) is 1.66. The first-order chi connectivity index (χ1) is 10.1. The summed E-state index contributed by atoms with van der Waals surface area (Å²) in [6, 6.07) is 6.96. The molecule has 1 atom stereocenters. The molecular formula is C14H11ClF2N2O2. The second-order valence-corrected chi connectivity index (χ2v) is 4.77. The molecule has 0 saturated heterocycles. The molecule has 1 aromatic carbocycles. The van der Waals surface area contributed by atoms with Crippen molar-refractivity contribution in [2.45, 2.75) is 18.5 Å². The number of benzene rings is 1. The molecule has 1 unspecified atom stereocenters. The zero-order valence-electron chi connectivity index (χ0n) is 10.8. The zero-order valence-corrected chi connectivity index (χ0v) is 11.6. The van der Waals surface area contributed by atoms with Crippen molar-refractivity contribution in [1.29, 1.82) is 0 Å². The van der Waals surface area contributed by atoms with Gasteiger partial charge in [-0.1, -0.05) is 17.7 Å². The number of hydrogen-bond donors (Lipinski definition) is 0. The average molecular weight is 313 g/mol. The van der Waals surface area contributed by atoms with Gasteiger partial charge in [0.05, 0.1) is 11.9 Å². The van der Waals surface area contributed by atoms with Gasteiger partial charge < -0.3 is 4.74 Å². The van der Waals surface area contributed by atoms with Crippen molar-refractivity contribution in [2.24, 2.45) is 5.18 Å². The van der Waals surface area contributed by atoms with Crippen LogP contribution in [0.4, 0.5) is 8.78 Å². The molecule has 110 valence electrons. The lowest BCUT2D eigenvalue weighted by Gasteiger charge is -2.08. The summed E-state index contributed by atoms with van der Waals surface area (Å²) in [5.41, 5.74) is 0.0878. The molecule has 0 spiro atoms. The molecule has 21 heavy (non-hydrogen) atoms. The molecule has 0 aliphatic carbocycles. The van der Waals surface area contributed by atoms with Gasteiger partial charge in [0, 0.05) is 6.42 Å². The minimum atomic E-state index is -0.931. The number of hydrogen-bond acceptors (Lipinski definition) is 4. The number of pyridine rings is 1. The van der Waals surface area contributed by atoms with Gasteiger partial charge in [-0.15, -0.1) is 4.91 Å². The normalized spacial score (nSPS) is 12.0. The number of aromatic nitrogens is 1. The number of ether oxygens (including phenoxy) is 1. The Hall–Kier alpha value is -2.08. The van der Waals surface area contributed by atoms with E-state index < -0.39 is 17.1 Å². The van der Waals surface area contributed by atoms with E-state index in [0.29, 0.717) is 11.3 Å². The summed E-state index contributed by atoms with van der Waals surface area (Å²) in [4.78, 5) is 14.0. The lowest BCUT2D eigenvalue weighted by atomic mass is 10.1. The SMILES string of the molecule is O=NC(Cl)Cc1ccc(OCc2ccc(F)cn2)c(F)c1. The first-order valence-electron chi connectivity index (χ1n) is 6.06. The van der Waals surface area contributed by atoms with E-state index in [1.54, 1.807) is 6.07 Å². The van der Waals surface area contributed by atoms with Gasteiger partial charge in [-0.2, -0.15) is 0 Å². The summed E-state index contributed by atoms with van der Waals surface area (Å²) < 4.78 is 31.8. The average Bonchev–Trinajstić information content (AvgIpc) is 2.48. The van der Waals surface area contributed by atoms with Crippen molar-refractivity contribution in [1.82, 2.24) is 4.98 Å². The highest BCUT2D eigenvalue weighted by Gasteiger charge is 2.09. The molecule has 1 heterocycles. The van der Waals surface area contributed by atoms with Gasteiger partial charge in [0.15, 0.2) is 17.1 Å². The van der Waals surface area contributed by atoms with E-state index in [4.69, 9.17) is 16.3 Å². The molecular weight excluding hydrogens is 302 g/mol. The summed E-state index contributed by atoms with van der Waals surface area (Å²) >= 11 is 5.57. The van der Waals surface area contributed by atoms with Crippen LogP contribution in [-0.4, -0.2) is 10.5 Å². The minimum absolute atomic E-state index is 0.0184. The first-order valence-corrected chi connectivity index (χ1v) is 6.50. The van der Waals surface area contributed by atoms with Gasteiger partial charge in [0.1, 0.15) is 12.4 Å². The maximum Gasteiger partial charge on any atom is 0.169 e. The third-order valence-corrected chi connectivity index (χ3v) is 2.91. The summed E-state index contributed by atoms with van der Waals surface area (Å²) in [7, 11) is 0. The molecule has 0 bridgehead atoms. The Balaban J connectivity index is 2.00. The monoisotopic (exact) mass is 312 g/mol. The Kier molecular flexibility index (Phi) is 5.16. The van der Waals surface area contributed by atoms with E-state index in [-0.39, 0.29) is 18.8 Å². The molecule has 0 saturated carbocycles. The van der Waals surface area contributed by atoms with E-state index in [9.17, 15) is 13.7 Å². The molecule has 0 aliphatic heterocycles. The van der Waals surface area contributed by atoms with Crippen molar-refractivity contribution in [3.8, 4) is 5.75 Å². The van der Waals surface area contributed by atoms with Gasteiger partial charge in [-0.3, -0.25) is 4.98 Å². The van der Waals surface area contributed by atoms with Gasteiger partial charge in [0.2, 0.25) is 0 Å². The standard InChI is InChI=1S/C14H11ClF2N2O2/c15-14(19-20)6-9-1-4-13(12(17)5-9)21-8-11-3-2-10(16)7-18-11/h1-5,7,14H,6,8H2. The van der Waals surface area contributed by atoms with Gasteiger partial charge in [-0.05, 0) is 35.0 Å². The lowest BCUT2D eigenvalue weighted by Crippen LogP contribution is -2.02. The fraction of sp³-hybridized carbons (Fsp3) is 0.214. The van der Waals surface area contributed by atoms with Crippen LogP contribution in [0, 0.1) is 16.5 Å². The molecule has 0 N–H and O–H groups in total. The number of nitroso groups, excluding NO2 is 1. The highest BCUT2D eigenvalue weighted by molar-refractivity contribution is 6.20. The second-order valence-electron chi connectivity index (χ2n) is 4.27. The fourth-order valence-corrected chi connectivity index (χ4v) is 1.84. The number of nitrogens with zero attached hydrogens (tertiary/aromatic N) is 2. The van der Waals surface area contributed by atoms with Crippen LogP contribution in [0.25, 0.3) is 0 Å². The van der Waals surface area contributed by atoms with Gasteiger partial charge in [0.25, 0.3) is 0 Å². The Morgan fingerprint density at radius 1 is 1.29 bits per heavy atom. The van der Waals surface area contributed by atoms with Crippen molar-refractivity contribution < 1.29 is 13.5 Å². The molecule has 0 aliphatic rings. The molecule has 7 heteroatoms. The Morgan fingerprint density at radius 2 is 2.10 bits per heavy atom. The Labute approximate surface area is 124 Å². The summed E-state index contributed by atoms with van der Waals surface area (Å²) in [5.74, 6) is -0.992. The third-order valence-electron chi connectivity index (χ3n) is 2.68. The van der Waals surface area contributed by atoms with E-state index in [1.807, 2.05) is 0 Å². The van der Waals surface area contributed by atoms with Crippen LogP contribution >= 0.6 is 11.6 Å². The van der Waals surface area contributed by atoms with Crippen LogP contribution in [0.15, 0.2) is 41.7 Å². The lowest BCUT2D eigenvalue weighted by molar-refractivity contribution is 0.285. The van der Waals surface area contributed by atoms with Crippen molar-refractivity contribution in [3.05, 3.63) is 64.3 Å². The number of alkyl halides is 1. The molecule has 0 radical (unpaired) electrons. The van der Waals surface area contributed by atoms with Crippen LogP contribution in [0.3, 0.4) is 0 Å². The highest BCUT2D eigenvalue weighted by Crippen LogP contribution is 2.21. The van der Waals surface area contributed by atoms with Gasteiger partial charge in [-0.25, -0.2) is 8.78 Å². The molecule has 4 nitrogen and oxygen atoms in total. The number of halogens is 3. The first kappa shape index (κ1) is 15.3. The smallest absolute Gasteiger partial charge is 0.169 e. The van der Waals surface area contributed by atoms with Crippen molar-refractivity contribution >= 4 is 11.6 Å².